The molecule has 2 fully saturated rings. The molecule has 2 aromatic carbocycles. The number of para-hydroxylation sites is 1. The lowest BCUT2D eigenvalue weighted by Crippen LogP contribution is -2.51. The molecule has 154 valence electrons. The number of amides is 1. The first kappa shape index (κ1) is 19.0. The summed E-state index contributed by atoms with van der Waals surface area (Å²) in [5, 5.41) is 0. The third-order valence-electron chi connectivity index (χ3n) is 6.94. The summed E-state index contributed by atoms with van der Waals surface area (Å²) >= 11 is 0. The summed E-state index contributed by atoms with van der Waals surface area (Å²) in [5.74, 6) is -1.20. The van der Waals surface area contributed by atoms with E-state index in [2.05, 4.69) is 0 Å². The molecule has 3 aliphatic rings. The summed E-state index contributed by atoms with van der Waals surface area (Å²) in [4.78, 5) is 42.9. The minimum atomic E-state index is -1.53. The van der Waals surface area contributed by atoms with E-state index in [1.54, 1.807) is 41.3 Å². The molecule has 5 rings (SSSR count). The van der Waals surface area contributed by atoms with Crippen molar-refractivity contribution < 1.29 is 23.9 Å². The van der Waals surface area contributed by atoms with Crippen LogP contribution in [-0.4, -0.2) is 48.9 Å². The van der Waals surface area contributed by atoms with E-state index in [4.69, 9.17) is 9.47 Å². The summed E-state index contributed by atoms with van der Waals surface area (Å²) < 4.78 is 11.1. The van der Waals surface area contributed by atoms with Gasteiger partial charge in [0.1, 0.15) is 5.75 Å². The fraction of sp³-hybridized carbons (Fsp3) is 0.375. The van der Waals surface area contributed by atoms with E-state index in [1.807, 2.05) is 25.1 Å². The maximum atomic E-state index is 13.9. The van der Waals surface area contributed by atoms with Crippen LogP contribution in [-0.2, 0) is 14.3 Å². The van der Waals surface area contributed by atoms with Crippen LogP contribution in [0.4, 0.5) is 0 Å². The largest absolute Gasteiger partial charge is 0.425 e. The van der Waals surface area contributed by atoms with E-state index < -0.39 is 22.7 Å². The second-order valence-corrected chi connectivity index (χ2v) is 8.09. The van der Waals surface area contributed by atoms with Gasteiger partial charge in [-0.1, -0.05) is 55.5 Å². The van der Waals surface area contributed by atoms with Crippen molar-refractivity contribution in [3.8, 4) is 5.75 Å². The molecule has 0 unspecified atom stereocenters. The summed E-state index contributed by atoms with van der Waals surface area (Å²) in [6, 6.07) is 16.2. The van der Waals surface area contributed by atoms with E-state index in [-0.39, 0.29) is 11.7 Å². The van der Waals surface area contributed by atoms with Gasteiger partial charge in [0.2, 0.25) is 5.91 Å². The average Bonchev–Trinajstić information content (AvgIpc) is 3.46. The molecule has 1 amide bonds. The molecule has 0 bridgehead atoms. The zero-order chi connectivity index (χ0) is 20.9. The Balaban J connectivity index is 1.70. The molecule has 2 aromatic rings. The monoisotopic (exact) mass is 405 g/mol. The molecule has 0 aromatic heterocycles. The number of fused-ring (bicyclic) bond motifs is 3. The van der Waals surface area contributed by atoms with Crippen LogP contribution < -0.4 is 4.74 Å². The minimum Gasteiger partial charge on any atom is -0.425 e. The lowest BCUT2D eigenvalue weighted by Gasteiger charge is -2.32. The van der Waals surface area contributed by atoms with Crippen LogP contribution in [0.2, 0.25) is 0 Å². The maximum absolute atomic E-state index is 13.9. The average molecular weight is 405 g/mol. The van der Waals surface area contributed by atoms with E-state index in [1.165, 1.54) is 0 Å². The SMILES string of the molecule is CC[C@]1(C(=O)c2ccccc2)[C@H]2c3ccccc3OC(=O)[C@@]21C(=O)N1CCOCC1. The summed E-state index contributed by atoms with van der Waals surface area (Å²) in [5.41, 5.74) is -1.42. The highest BCUT2D eigenvalue weighted by Crippen LogP contribution is 2.80. The summed E-state index contributed by atoms with van der Waals surface area (Å²) in [6.07, 6.45) is 0.366. The number of rotatable bonds is 4. The third-order valence-corrected chi connectivity index (χ3v) is 6.94. The van der Waals surface area contributed by atoms with Crippen LogP contribution in [0.5, 0.6) is 5.75 Å². The highest BCUT2D eigenvalue weighted by molar-refractivity contribution is 6.21. The summed E-state index contributed by atoms with van der Waals surface area (Å²) in [6.45, 7) is 3.53. The van der Waals surface area contributed by atoms with Crippen molar-refractivity contribution in [3.05, 3.63) is 65.7 Å². The molecule has 0 spiro atoms. The normalized spacial score (nSPS) is 29.4. The topological polar surface area (TPSA) is 72.9 Å². The zero-order valence-electron chi connectivity index (χ0n) is 16.8. The van der Waals surface area contributed by atoms with Gasteiger partial charge in [-0.15, -0.1) is 0 Å². The molecule has 0 N–H and O–H groups in total. The Bertz CT molecular complexity index is 1030. The molecule has 1 aliphatic carbocycles. The van der Waals surface area contributed by atoms with Crippen molar-refractivity contribution >= 4 is 17.7 Å². The Morgan fingerprint density at radius 3 is 2.40 bits per heavy atom. The van der Waals surface area contributed by atoms with Gasteiger partial charge >= 0.3 is 5.97 Å². The molecule has 2 heterocycles. The van der Waals surface area contributed by atoms with Crippen LogP contribution in [0.3, 0.4) is 0 Å². The number of benzene rings is 2. The molecule has 3 atom stereocenters. The maximum Gasteiger partial charge on any atom is 0.328 e. The molecule has 30 heavy (non-hydrogen) atoms. The summed E-state index contributed by atoms with van der Waals surface area (Å²) in [7, 11) is 0. The van der Waals surface area contributed by atoms with E-state index in [0.717, 1.165) is 5.56 Å². The number of carbonyl (C=O) groups excluding carboxylic acids is 3. The Morgan fingerprint density at radius 2 is 1.70 bits per heavy atom. The van der Waals surface area contributed by atoms with Gasteiger partial charge in [-0.3, -0.25) is 14.4 Å². The fourth-order valence-electron chi connectivity index (χ4n) is 5.54. The quantitative estimate of drug-likeness (QED) is 0.339. The molecule has 1 saturated heterocycles. The second kappa shape index (κ2) is 6.77. The second-order valence-electron chi connectivity index (χ2n) is 8.09. The molecule has 6 heteroatoms. The lowest BCUT2D eigenvalue weighted by molar-refractivity contribution is -0.156. The molecular formula is C24H23NO5. The fourth-order valence-corrected chi connectivity index (χ4v) is 5.54. The van der Waals surface area contributed by atoms with Gasteiger partial charge in [0.25, 0.3) is 0 Å². The Morgan fingerprint density at radius 1 is 1.03 bits per heavy atom. The van der Waals surface area contributed by atoms with Gasteiger partial charge in [0, 0.05) is 30.1 Å². The van der Waals surface area contributed by atoms with Crippen molar-refractivity contribution in [1.29, 1.82) is 0 Å². The van der Waals surface area contributed by atoms with Crippen LogP contribution in [0, 0.1) is 10.8 Å². The van der Waals surface area contributed by atoms with Crippen molar-refractivity contribution in [3.63, 3.8) is 0 Å². The van der Waals surface area contributed by atoms with Crippen LogP contribution in [0.1, 0.15) is 35.2 Å². The van der Waals surface area contributed by atoms with Crippen molar-refractivity contribution in [2.45, 2.75) is 19.3 Å². The smallest absolute Gasteiger partial charge is 0.328 e. The molecule has 0 radical (unpaired) electrons. The van der Waals surface area contributed by atoms with Gasteiger partial charge in [-0.2, -0.15) is 0 Å². The van der Waals surface area contributed by atoms with Gasteiger partial charge < -0.3 is 14.4 Å². The van der Waals surface area contributed by atoms with Gasteiger partial charge in [0.15, 0.2) is 11.2 Å². The Kier molecular flexibility index (Phi) is 4.29. The number of nitrogens with zero attached hydrogens (tertiary/aromatic N) is 1. The number of ketones is 1. The number of carbonyl (C=O) groups is 3. The highest BCUT2D eigenvalue weighted by atomic mass is 16.5. The van der Waals surface area contributed by atoms with E-state index >= 15 is 0 Å². The lowest BCUT2D eigenvalue weighted by atomic mass is 9.82. The third kappa shape index (κ3) is 2.25. The van der Waals surface area contributed by atoms with Gasteiger partial charge in [-0.25, -0.2) is 0 Å². The molecule has 2 aliphatic heterocycles. The first-order chi connectivity index (χ1) is 14.6. The van der Waals surface area contributed by atoms with Crippen LogP contribution in [0.15, 0.2) is 54.6 Å². The first-order valence-electron chi connectivity index (χ1n) is 10.4. The standard InChI is InChI=1S/C24H23NO5/c1-2-23(20(26)16-8-4-3-5-9-16)19-17-10-6-7-11-18(17)30-22(28)24(19,23)21(27)25-12-14-29-15-13-25/h3-11,19H,2,12-15H2,1H3/t19-,23-,24+/m1/s1. The van der Waals surface area contributed by atoms with E-state index in [9.17, 15) is 14.4 Å². The minimum absolute atomic E-state index is 0.175. The zero-order valence-corrected chi connectivity index (χ0v) is 16.8. The highest BCUT2D eigenvalue weighted by Gasteiger charge is 2.89. The predicted molar refractivity (Wildman–Crippen MR) is 108 cm³/mol. The van der Waals surface area contributed by atoms with Gasteiger partial charge in [0.05, 0.1) is 18.6 Å². The number of morpholine rings is 1. The predicted octanol–water partition coefficient (Wildman–Crippen LogP) is 2.83. The number of Topliss-reactive ketones (excluding diaryl/α,β-unsaturated/α-hetero) is 1. The number of hydrogen-bond donors (Lipinski definition) is 0. The Labute approximate surface area is 174 Å². The number of ether oxygens (including phenoxy) is 2. The molecule has 6 nitrogen and oxygen atoms in total. The number of esters is 1. The van der Waals surface area contributed by atoms with Gasteiger partial charge in [-0.05, 0) is 12.5 Å². The molecular weight excluding hydrogens is 382 g/mol. The Hall–Kier alpha value is -2.99. The number of hydrogen-bond acceptors (Lipinski definition) is 5. The van der Waals surface area contributed by atoms with E-state index in [0.29, 0.717) is 44.0 Å². The van der Waals surface area contributed by atoms with Crippen LogP contribution in [0.25, 0.3) is 0 Å². The van der Waals surface area contributed by atoms with Crippen molar-refractivity contribution in [1.82, 2.24) is 4.90 Å². The first-order valence-corrected chi connectivity index (χ1v) is 10.4. The molecule has 1 saturated carbocycles. The van der Waals surface area contributed by atoms with Crippen molar-refractivity contribution in [2.75, 3.05) is 26.3 Å². The van der Waals surface area contributed by atoms with Crippen molar-refractivity contribution in [2.24, 2.45) is 10.8 Å². The van der Waals surface area contributed by atoms with Crippen LogP contribution >= 0.6 is 0 Å².